The minimum absolute atomic E-state index is 0.0243. The number of fused-ring (bicyclic) bond motifs is 1. The molecule has 0 saturated heterocycles. The van der Waals surface area contributed by atoms with Crippen LogP contribution in [-0.4, -0.2) is 53.6 Å². The number of halogens is 3. The Balaban J connectivity index is 1.28. The van der Waals surface area contributed by atoms with Gasteiger partial charge < -0.3 is 14.0 Å². The number of carbonyl (C=O) groups excluding carboxylic acids is 1. The van der Waals surface area contributed by atoms with Crippen molar-refractivity contribution >= 4 is 17.6 Å². The highest BCUT2D eigenvalue weighted by Crippen LogP contribution is 2.36. The smallest absolute Gasteiger partial charge is 0.308 e. The molecule has 0 radical (unpaired) electrons. The zero-order valence-corrected chi connectivity index (χ0v) is 21.2. The quantitative estimate of drug-likeness (QED) is 0.340. The first-order chi connectivity index (χ1) is 18.0. The molecule has 0 bridgehead atoms. The van der Waals surface area contributed by atoms with Gasteiger partial charge in [-0.15, -0.1) is 0 Å². The Morgan fingerprint density at radius 1 is 1.14 bits per heavy atom. The van der Waals surface area contributed by atoms with E-state index < -0.39 is 19.5 Å². The number of rotatable bonds is 8. The highest BCUT2D eigenvalue weighted by Gasteiger charge is 2.33. The number of methoxy groups -OCH3 is 1. The Labute approximate surface area is 218 Å². The van der Waals surface area contributed by atoms with Crippen molar-refractivity contribution in [2.75, 3.05) is 20.5 Å². The molecule has 1 fully saturated rings. The molecule has 196 valence electrons. The SMILES string of the molecule is COC(=O)C1CCCC(N2Cc3ccc(-c4noc(-c5ccc(OC(CF)CF)c(Cl)c5)n4)cc3C2)C1. The van der Waals surface area contributed by atoms with Gasteiger partial charge in [-0.1, -0.05) is 35.3 Å². The average Bonchev–Trinajstić information content (AvgIpc) is 3.59. The second-order valence-electron chi connectivity index (χ2n) is 9.55. The molecular formula is C27H28ClF2N3O4. The molecule has 2 atom stereocenters. The van der Waals surface area contributed by atoms with Gasteiger partial charge in [0.05, 0.1) is 18.1 Å². The van der Waals surface area contributed by atoms with Crippen LogP contribution >= 0.6 is 11.6 Å². The maximum absolute atomic E-state index is 12.8. The number of esters is 1. The van der Waals surface area contributed by atoms with Gasteiger partial charge in [-0.3, -0.25) is 9.69 Å². The molecule has 1 saturated carbocycles. The molecule has 3 aromatic rings. The molecule has 5 rings (SSSR count). The van der Waals surface area contributed by atoms with Gasteiger partial charge in [-0.05, 0) is 54.7 Å². The molecule has 10 heteroatoms. The van der Waals surface area contributed by atoms with E-state index in [1.54, 1.807) is 12.1 Å². The van der Waals surface area contributed by atoms with Gasteiger partial charge in [0.2, 0.25) is 5.82 Å². The maximum Gasteiger partial charge on any atom is 0.308 e. The molecule has 1 aliphatic heterocycles. The molecule has 0 spiro atoms. The summed E-state index contributed by atoms with van der Waals surface area (Å²) in [6.07, 6.45) is 2.64. The fraction of sp³-hybridized carbons (Fsp3) is 0.444. The van der Waals surface area contributed by atoms with Gasteiger partial charge in [-0.2, -0.15) is 4.98 Å². The van der Waals surface area contributed by atoms with Gasteiger partial charge >= 0.3 is 5.97 Å². The molecule has 0 N–H and O–H groups in total. The lowest BCUT2D eigenvalue weighted by Gasteiger charge is -2.34. The van der Waals surface area contributed by atoms with Crippen molar-refractivity contribution in [3.05, 3.63) is 52.5 Å². The summed E-state index contributed by atoms with van der Waals surface area (Å²) in [6.45, 7) is -0.240. The number of hydrogen-bond donors (Lipinski definition) is 0. The fourth-order valence-electron chi connectivity index (χ4n) is 5.17. The average molecular weight is 532 g/mol. The molecule has 1 aliphatic carbocycles. The van der Waals surface area contributed by atoms with Crippen molar-refractivity contribution in [3.8, 4) is 28.6 Å². The van der Waals surface area contributed by atoms with Crippen LogP contribution in [0.25, 0.3) is 22.8 Å². The van der Waals surface area contributed by atoms with Gasteiger partial charge in [0, 0.05) is 30.3 Å². The van der Waals surface area contributed by atoms with Crippen LogP contribution in [0, 0.1) is 5.92 Å². The van der Waals surface area contributed by atoms with Crippen molar-refractivity contribution in [1.82, 2.24) is 15.0 Å². The largest absolute Gasteiger partial charge is 0.483 e. The number of nitrogens with zero attached hydrogens (tertiary/aromatic N) is 3. The first-order valence-electron chi connectivity index (χ1n) is 12.3. The highest BCUT2D eigenvalue weighted by atomic mass is 35.5. The summed E-state index contributed by atoms with van der Waals surface area (Å²) in [5.74, 6) is 0.775. The summed E-state index contributed by atoms with van der Waals surface area (Å²) in [5.41, 5.74) is 3.88. The number of benzene rings is 2. The van der Waals surface area contributed by atoms with E-state index in [9.17, 15) is 13.6 Å². The molecular weight excluding hydrogens is 504 g/mol. The Morgan fingerprint density at radius 2 is 1.92 bits per heavy atom. The second kappa shape index (κ2) is 11.1. The number of carbonyl (C=O) groups is 1. The first-order valence-corrected chi connectivity index (χ1v) is 12.7. The molecule has 2 aromatic carbocycles. The molecule has 2 aliphatic rings. The van der Waals surface area contributed by atoms with Crippen molar-refractivity contribution in [2.45, 2.75) is 50.9 Å². The normalized spacial score (nSPS) is 19.7. The van der Waals surface area contributed by atoms with E-state index in [1.165, 1.54) is 24.3 Å². The second-order valence-corrected chi connectivity index (χ2v) is 9.95. The van der Waals surface area contributed by atoms with E-state index in [0.29, 0.717) is 17.4 Å². The molecule has 2 heterocycles. The van der Waals surface area contributed by atoms with Gasteiger partial charge in [0.15, 0.2) is 6.10 Å². The zero-order chi connectivity index (χ0) is 25.9. The van der Waals surface area contributed by atoms with E-state index in [0.717, 1.165) is 44.3 Å². The minimum Gasteiger partial charge on any atom is -0.483 e. The highest BCUT2D eigenvalue weighted by molar-refractivity contribution is 6.32. The summed E-state index contributed by atoms with van der Waals surface area (Å²) in [4.78, 5) is 19.0. The third-order valence-electron chi connectivity index (χ3n) is 7.15. The lowest BCUT2D eigenvalue weighted by atomic mass is 9.85. The monoisotopic (exact) mass is 531 g/mol. The lowest BCUT2D eigenvalue weighted by molar-refractivity contribution is -0.147. The number of ether oxygens (including phenoxy) is 2. The van der Waals surface area contributed by atoms with Crippen LogP contribution in [-0.2, 0) is 22.6 Å². The Morgan fingerprint density at radius 3 is 2.68 bits per heavy atom. The number of alkyl halides is 2. The van der Waals surface area contributed by atoms with Gasteiger partial charge in [0.1, 0.15) is 19.1 Å². The topological polar surface area (TPSA) is 77.7 Å². The Hall–Kier alpha value is -3.04. The Bertz CT molecular complexity index is 1270. The molecule has 0 amide bonds. The van der Waals surface area contributed by atoms with Crippen molar-refractivity contribution in [1.29, 1.82) is 0 Å². The van der Waals surface area contributed by atoms with Crippen molar-refractivity contribution < 1.29 is 27.6 Å². The summed E-state index contributed by atoms with van der Waals surface area (Å²) in [6, 6.07) is 11.3. The predicted octanol–water partition coefficient (Wildman–Crippen LogP) is 5.79. The maximum atomic E-state index is 12.8. The predicted molar refractivity (Wildman–Crippen MR) is 134 cm³/mol. The van der Waals surface area contributed by atoms with E-state index in [4.69, 9.17) is 25.6 Å². The van der Waals surface area contributed by atoms with Gasteiger partial charge in [-0.25, -0.2) is 8.78 Å². The van der Waals surface area contributed by atoms with Crippen LogP contribution < -0.4 is 4.74 Å². The lowest BCUT2D eigenvalue weighted by Crippen LogP contribution is -2.37. The van der Waals surface area contributed by atoms with Crippen LogP contribution in [0.1, 0.15) is 36.8 Å². The third-order valence-corrected chi connectivity index (χ3v) is 7.45. The van der Waals surface area contributed by atoms with Crippen molar-refractivity contribution in [3.63, 3.8) is 0 Å². The first kappa shape index (κ1) is 25.6. The summed E-state index contributed by atoms with van der Waals surface area (Å²) in [7, 11) is 1.46. The van der Waals surface area contributed by atoms with Crippen molar-refractivity contribution in [2.24, 2.45) is 5.92 Å². The van der Waals surface area contributed by atoms with Crippen LogP contribution in [0.5, 0.6) is 5.75 Å². The van der Waals surface area contributed by atoms with Crippen LogP contribution in [0.3, 0.4) is 0 Å². The molecule has 7 nitrogen and oxygen atoms in total. The number of hydrogen-bond acceptors (Lipinski definition) is 7. The summed E-state index contributed by atoms with van der Waals surface area (Å²) < 4.78 is 41.3. The van der Waals surface area contributed by atoms with E-state index in [2.05, 4.69) is 27.2 Å². The van der Waals surface area contributed by atoms with E-state index in [1.807, 2.05) is 6.07 Å². The van der Waals surface area contributed by atoms with Crippen LogP contribution in [0.15, 0.2) is 40.9 Å². The van der Waals surface area contributed by atoms with Crippen LogP contribution in [0.2, 0.25) is 5.02 Å². The zero-order valence-electron chi connectivity index (χ0n) is 20.5. The minimum atomic E-state index is -1.19. The standard InChI is InChI=1S/C27H28ClF2N3O4/c1-35-27(34)18-3-2-4-21(10-18)33-14-19-6-5-16(9-20(19)15-33)25-31-26(37-32-25)17-7-8-24(23(28)11-17)36-22(12-29)13-30/h5-9,11,18,21-22H,2-4,10,12-15H2,1H3. The molecule has 2 unspecified atom stereocenters. The molecule has 1 aromatic heterocycles. The van der Waals surface area contributed by atoms with Gasteiger partial charge in [0.25, 0.3) is 5.89 Å². The summed E-state index contributed by atoms with van der Waals surface area (Å²) >= 11 is 6.25. The van der Waals surface area contributed by atoms with E-state index in [-0.39, 0.29) is 28.6 Å². The summed E-state index contributed by atoms with van der Waals surface area (Å²) in [5, 5.41) is 4.33. The third kappa shape index (κ3) is 5.48. The Kier molecular flexibility index (Phi) is 7.71. The molecule has 37 heavy (non-hydrogen) atoms. The fourth-order valence-corrected chi connectivity index (χ4v) is 5.39. The van der Waals surface area contributed by atoms with E-state index >= 15 is 0 Å². The van der Waals surface area contributed by atoms with Crippen LogP contribution in [0.4, 0.5) is 8.78 Å². The number of aromatic nitrogens is 2.